The third-order valence-electron chi connectivity index (χ3n) is 6.22. The lowest BCUT2D eigenvalue weighted by Crippen LogP contribution is -2.71. The fraction of sp³-hybridized carbons (Fsp3) is 0.320. The maximum atomic E-state index is 13.3. The van der Waals surface area contributed by atoms with E-state index in [1.807, 2.05) is 18.2 Å². The number of aliphatic carboxylic acids is 1. The number of nitrogens with zero attached hydrogens (tertiary/aromatic N) is 2. The van der Waals surface area contributed by atoms with E-state index in [-0.39, 0.29) is 12.4 Å². The molecule has 38 heavy (non-hydrogen) atoms. The zero-order valence-corrected chi connectivity index (χ0v) is 25.5. The first kappa shape index (κ1) is 28.6. The summed E-state index contributed by atoms with van der Waals surface area (Å²) in [7, 11) is 0. The first-order valence-corrected chi connectivity index (χ1v) is 14.6. The van der Waals surface area contributed by atoms with Gasteiger partial charge in [0.2, 0.25) is 17.7 Å². The van der Waals surface area contributed by atoms with Crippen molar-refractivity contribution in [1.29, 1.82) is 0 Å². The Morgan fingerprint density at radius 3 is 2.39 bits per heavy atom. The predicted molar refractivity (Wildman–Crippen MR) is 160 cm³/mol. The van der Waals surface area contributed by atoms with Gasteiger partial charge in [-0.05, 0) is 82.8 Å². The average molecular weight is 761 g/mol. The molecule has 0 aromatic heterocycles. The number of amidine groups is 1. The highest BCUT2D eigenvalue weighted by Crippen LogP contribution is 2.50. The first-order valence-electron chi connectivity index (χ1n) is 11.5. The summed E-state index contributed by atoms with van der Waals surface area (Å²) in [5.41, 5.74) is 7.30. The van der Waals surface area contributed by atoms with E-state index < -0.39 is 51.9 Å². The lowest BCUT2D eigenvalue weighted by Gasteiger charge is -2.44. The number of halogens is 2. The number of hydrogen-bond donors (Lipinski definition) is 4. The number of hydrogen-bond acceptors (Lipinski definition) is 6. The molecule has 0 spiro atoms. The molecular weight excluding hydrogens is 736 g/mol. The molecule has 2 heterocycles. The molecule has 3 amide bonds. The number of rotatable bonds is 8. The lowest BCUT2D eigenvalue weighted by atomic mass is 9.95. The number of nitrogens with two attached hydrogens (primary N) is 1. The zero-order chi connectivity index (χ0) is 27.8. The van der Waals surface area contributed by atoms with Crippen LogP contribution in [0, 0.1) is 7.14 Å². The van der Waals surface area contributed by atoms with Gasteiger partial charge in [0.05, 0.1) is 0 Å². The molecule has 0 bridgehead atoms. The second-order valence-electron chi connectivity index (χ2n) is 9.36. The molecule has 2 saturated heterocycles. The van der Waals surface area contributed by atoms with Crippen LogP contribution in [0.25, 0.3) is 0 Å². The third kappa shape index (κ3) is 5.93. The molecule has 2 aliphatic rings. The number of carbonyl (C=O) groups excluding carboxylic acids is 3. The molecule has 2 aliphatic heterocycles. The Bertz CT molecular complexity index is 1300. The smallest absolute Gasteiger partial charge is 0.327 e. The van der Waals surface area contributed by atoms with Crippen LogP contribution in [0.15, 0.2) is 53.5 Å². The van der Waals surface area contributed by atoms with E-state index in [2.05, 4.69) is 60.8 Å². The summed E-state index contributed by atoms with van der Waals surface area (Å²) in [4.78, 5) is 56.3. The number of carboxylic acids is 1. The fourth-order valence-corrected chi connectivity index (χ4v) is 8.05. The fourth-order valence-electron chi connectivity index (χ4n) is 4.48. The van der Waals surface area contributed by atoms with Crippen molar-refractivity contribution < 1.29 is 24.3 Å². The number of carboxylic acid groups (broad SMARTS) is 1. The van der Waals surface area contributed by atoms with Crippen LogP contribution in [0.4, 0.5) is 0 Å². The molecule has 2 aromatic carbocycles. The molecule has 13 heteroatoms. The Kier molecular flexibility index (Phi) is 8.56. The van der Waals surface area contributed by atoms with E-state index in [1.54, 1.807) is 44.2 Å². The van der Waals surface area contributed by atoms with Gasteiger partial charge in [0.25, 0.3) is 0 Å². The van der Waals surface area contributed by atoms with Gasteiger partial charge in [-0.25, -0.2) is 4.79 Å². The molecule has 2 fully saturated rings. The van der Waals surface area contributed by atoms with Crippen molar-refractivity contribution in [3.05, 3.63) is 66.8 Å². The number of β-lactam (4-membered cyclic amide) rings is 1. The summed E-state index contributed by atoms with van der Waals surface area (Å²) in [6.45, 7) is 3.22. The molecule has 4 rings (SSSR count). The summed E-state index contributed by atoms with van der Waals surface area (Å²) >= 11 is 5.68. The normalized spacial score (nSPS) is 22.7. The van der Waals surface area contributed by atoms with E-state index in [4.69, 9.17) is 5.73 Å². The van der Waals surface area contributed by atoms with Crippen LogP contribution in [-0.4, -0.2) is 68.3 Å². The topological polar surface area (TPSA) is 154 Å². The van der Waals surface area contributed by atoms with Gasteiger partial charge in [-0.15, -0.1) is 11.8 Å². The maximum Gasteiger partial charge on any atom is 0.327 e. The summed E-state index contributed by atoms with van der Waals surface area (Å²) in [5, 5.41) is 14.5. The van der Waals surface area contributed by atoms with Crippen LogP contribution in [0.2, 0.25) is 0 Å². The van der Waals surface area contributed by atoms with Gasteiger partial charge in [-0.1, -0.05) is 30.3 Å². The Morgan fingerprint density at radius 2 is 1.79 bits per heavy atom. The highest BCUT2D eigenvalue weighted by Gasteiger charge is 2.64. The summed E-state index contributed by atoms with van der Waals surface area (Å²) in [6.07, 6.45) is 0. The molecule has 10 nitrogen and oxygen atoms in total. The molecule has 4 atom stereocenters. The highest BCUT2D eigenvalue weighted by atomic mass is 127. The number of fused-ring (bicyclic) bond motifs is 1. The molecule has 0 aliphatic carbocycles. The van der Waals surface area contributed by atoms with Crippen LogP contribution in [0.5, 0.6) is 0 Å². The standard InChI is InChI=1S/C25H25I2N5O5S/c1-25(2)19(24(36)37)32-22(35)18(23(32)38-25)31-21(34)17(12-6-4-3-5-7-12)30-16(33)11-29-20(28)13-8-14(26)10-15(27)9-13/h3-10,17-19,23H,11H2,1-2H3,(H2,28,29)(H,30,33)(H,31,34)(H,36,37)/t17?,18?,19-,23+/m0/s1. The third-order valence-corrected chi connectivity index (χ3v) is 9.04. The maximum absolute atomic E-state index is 13.3. The van der Waals surface area contributed by atoms with Crippen molar-refractivity contribution in [2.24, 2.45) is 10.7 Å². The molecule has 0 radical (unpaired) electrons. The van der Waals surface area contributed by atoms with Crippen molar-refractivity contribution >= 4 is 86.5 Å². The number of aliphatic imine (C=N–C) groups is 1. The van der Waals surface area contributed by atoms with Gasteiger partial charge < -0.3 is 26.4 Å². The van der Waals surface area contributed by atoms with E-state index in [0.717, 1.165) is 7.14 Å². The molecule has 0 saturated carbocycles. The van der Waals surface area contributed by atoms with Gasteiger partial charge in [-0.2, -0.15) is 0 Å². The largest absolute Gasteiger partial charge is 0.480 e. The van der Waals surface area contributed by atoms with E-state index in [9.17, 15) is 24.3 Å². The van der Waals surface area contributed by atoms with Gasteiger partial charge >= 0.3 is 5.97 Å². The highest BCUT2D eigenvalue weighted by molar-refractivity contribution is 14.1. The number of nitrogens with one attached hydrogen (secondary N) is 2. The van der Waals surface area contributed by atoms with Gasteiger partial charge in [0.15, 0.2) is 0 Å². The Morgan fingerprint density at radius 1 is 1.16 bits per heavy atom. The Hall–Kier alpha value is -2.40. The van der Waals surface area contributed by atoms with Gasteiger partial charge in [-0.3, -0.25) is 19.4 Å². The molecular formula is C25H25I2N5O5S. The zero-order valence-electron chi connectivity index (χ0n) is 20.4. The van der Waals surface area contributed by atoms with Crippen molar-refractivity contribution in [2.75, 3.05) is 6.54 Å². The summed E-state index contributed by atoms with van der Waals surface area (Å²) in [5.74, 6) is -2.45. The molecule has 2 aromatic rings. The number of carbonyl (C=O) groups is 4. The van der Waals surface area contributed by atoms with Crippen LogP contribution >= 0.6 is 56.9 Å². The number of thioether (sulfide) groups is 1. The molecule has 5 N–H and O–H groups in total. The van der Waals surface area contributed by atoms with E-state index in [1.165, 1.54) is 16.7 Å². The second kappa shape index (κ2) is 11.4. The van der Waals surface area contributed by atoms with Crippen LogP contribution in [0.1, 0.15) is 31.0 Å². The average Bonchev–Trinajstić information content (AvgIpc) is 3.12. The second-order valence-corrected chi connectivity index (χ2v) is 13.6. The Labute approximate surface area is 250 Å². The predicted octanol–water partition coefficient (Wildman–Crippen LogP) is 2.09. The van der Waals surface area contributed by atoms with Crippen molar-refractivity contribution in [3.63, 3.8) is 0 Å². The van der Waals surface area contributed by atoms with Gasteiger partial charge in [0.1, 0.15) is 35.9 Å². The minimum absolute atomic E-state index is 0.200. The quantitative estimate of drug-likeness (QED) is 0.139. The minimum atomic E-state index is -1.09. The summed E-state index contributed by atoms with van der Waals surface area (Å²) in [6, 6.07) is 11.4. The van der Waals surface area contributed by atoms with Crippen molar-refractivity contribution in [3.8, 4) is 0 Å². The van der Waals surface area contributed by atoms with Crippen molar-refractivity contribution in [2.45, 2.75) is 42.1 Å². The number of benzene rings is 2. The number of amides is 3. The van der Waals surface area contributed by atoms with Crippen molar-refractivity contribution in [1.82, 2.24) is 15.5 Å². The first-order chi connectivity index (χ1) is 17.9. The van der Waals surface area contributed by atoms with Crippen LogP contribution in [-0.2, 0) is 19.2 Å². The molecule has 2 unspecified atom stereocenters. The summed E-state index contributed by atoms with van der Waals surface area (Å²) < 4.78 is 1.25. The molecule has 200 valence electrons. The Balaban J connectivity index is 1.47. The van der Waals surface area contributed by atoms with E-state index in [0.29, 0.717) is 11.1 Å². The lowest BCUT2D eigenvalue weighted by molar-refractivity contribution is -0.161. The minimum Gasteiger partial charge on any atom is -0.480 e. The SMILES string of the molecule is CC1(C)S[C@@H]2C(NC(=O)C(NC(=O)CN=C(N)c3cc(I)cc(I)c3)c3ccccc3)C(=O)N2[C@H]1C(=O)O. The monoisotopic (exact) mass is 761 g/mol. The van der Waals surface area contributed by atoms with Crippen LogP contribution < -0.4 is 16.4 Å². The van der Waals surface area contributed by atoms with Gasteiger partial charge in [0, 0.05) is 17.5 Å². The van der Waals surface area contributed by atoms with E-state index >= 15 is 0 Å². The van der Waals surface area contributed by atoms with Crippen LogP contribution in [0.3, 0.4) is 0 Å².